The fourth-order valence-electron chi connectivity index (χ4n) is 1.98. The number of halogens is 2. The topological polar surface area (TPSA) is 26.0 Å². The molecule has 18 heavy (non-hydrogen) atoms. The summed E-state index contributed by atoms with van der Waals surface area (Å²) in [7, 11) is 0. The minimum Gasteiger partial charge on any atom is -0.324 e. The second kappa shape index (κ2) is 6.04. The van der Waals surface area contributed by atoms with Gasteiger partial charge in [-0.15, -0.1) is 0 Å². The predicted molar refractivity (Wildman–Crippen MR) is 86.0 cm³/mol. The van der Waals surface area contributed by atoms with Crippen LogP contribution in [0.25, 0.3) is 0 Å². The van der Waals surface area contributed by atoms with Gasteiger partial charge in [-0.25, -0.2) is 0 Å². The molecule has 0 aliphatic heterocycles. The Morgan fingerprint density at radius 1 is 1.22 bits per heavy atom. The first-order valence-corrected chi connectivity index (χ1v) is 7.28. The van der Waals surface area contributed by atoms with Crippen molar-refractivity contribution in [1.29, 1.82) is 0 Å². The smallest absolute Gasteiger partial charge is 0.0408 e. The lowest BCUT2D eigenvalue weighted by Crippen LogP contribution is -2.15. The van der Waals surface area contributed by atoms with Crippen LogP contribution >= 0.6 is 34.2 Å². The number of hydrogen-bond acceptors (Lipinski definition) is 1. The SMILES string of the molecule is Cc1cccc(C(N)Cc2cccc(Cl)c2)c1I. The molecule has 0 spiro atoms. The summed E-state index contributed by atoms with van der Waals surface area (Å²) in [5.41, 5.74) is 9.95. The van der Waals surface area contributed by atoms with E-state index in [0.717, 1.165) is 11.4 Å². The Bertz CT molecular complexity index is 554. The minimum absolute atomic E-state index is 0.00951. The molecule has 0 saturated heterocycles. The summed E-state index contributed by atoms with van der Waals surface area (Å²) in [5, 5.41) is 0.763. The van der Waals surface area contributed by atoms with Crippen LogP contribution in [0.1, 0.15) is 22.7 Å². The van der Waals surface area contributed by atoms with Gasteiger partial charge in [-0.2, -0.15) is 0 Å². The quantitative estimate of drug-likeness (QED) is 0.790. The summed E-state index contributed by atoms with van der Waals surface area (Å²) in [6, 6.07) is 14.2. The van der Waals surface area contributed by atoms with E-state index in [-0.39, 0.29) is 6.04 Å². The number of aryl methyl sites for hydroxylation is 1. The van der Waals surface area contributed by atoms with Crippen molar-refractivity contribution in [3.8, 4) is 0 Å². The van der Waals surface area contributed by atoms with E-state index in [1.54, 1.807) is 0 Å². The highest BCUT2D eigenvalue weighted by atomic mass is 127. The Kier molecular flexibility index (Phi) is 4.65. The molecule has 2 aromatic rings. The Labute approximate surface area is 126 Å². The molecule has 0 fully saturated rings. The molecule has 2 N–H and O–H groups in total. The average molecular weight is 372 g/mol. The maximum absolute atomic E-state index is 6.30. The average Bonchev–Trinajstić information content (AvgIpc) is 2.32. The van der Waals surface area contributed by atoms with Crippen molar-refractivity contribution in [2.75, 3.05) is 0 Å². The molecule has 2 rings (SSSR count). The van der Waals surface area contributed by atoms with Gasteiger partial charge in [-0.3, -0.25) is 0 Å². The van der Waals surface area contributed by atoms with Gasteiger partial charge in [0.05, 0.1) is 0 Å². The molecule has 0 aromatic heterocycles. The van der Waals surface area contributed by atoms with E-state index in [2.05, 4.69) is 53.8 Å². The summed E-state index contributed by atoms with van der Waals surface area (Å²) in [6.45, 7) is 2.11. The lowest BCUT2D eigenvalue weighted by atomic mass is 9.98. The molecule has 1 atom stereocenters. The second-order valence-electron chi connectivity index (χ2n) is 4.42. The maximum Gasteiger partial charge on any atom is 0.0408 e. The van der Waals surface area contributed by atoms with Crippen LogP contribution in [0, 0.1) is 10.5 Å². The van der Waals surface area contributed by atoms with E-state index in [9.17, 15) is 0 Å². The minimum atomic E-state index is 0.00951. The fraction of sp³-hybridized carbons (Fsp3) is 0.200. The predicted octanol–water partition coefficient (Wildman–Crippen LogP) is 4.50. The van der Waals surface area contributed by atoms with Gasteiger partial charge in [0, 0.05) is 14.6 Å². The standard InChI is InChI=1S/C15H15ClIN/c1-10-4-2-7-13(15(10)17)14(18)9-11-5-3-6-12(16)8-11/h2-8,14H,9,18H2,1H3. The van der Waals surface area contributed by atoms with Gasteiger partial charge in [0.25, 0.3) is 0 Å². The summed E-state index contributed by atoms with van der Waals surface area (Å²) >= 11 is 8.35. The van der Waals surface area contributed by atoms with Crippen LogP contribution in [-0.4, -0.2) is 0 Å². The first-order chi connectivity index (χ1) is 8.58. The van der Waals surface area contributed by atoms with Crippen molar-refractivity contribution in [1.82, 2.24) is 0 Å². The van der Waals surface area contributed by atoms with Crippen LogP contribution < -0.4 is 5.73 Å². The molecule has 0 radical (unpaired) electrons. The monoisotopic (exact) mass is 371 g/mol. The van der Waals surface area contributed by atoms with E-state index in [0.29, 0.717) is 0 Å². The largest absolute Gasteiger partial charge is 0.324 e. The third-order valence-corrected chi connectivity index (χ3v) is 4.67. The van der Waals surface area contributed by atoms with Crippen molar-refractivity contribution in [2.45, 2.75) is 19.4 Å². The molecule has 0 saturated carbocycles. The van der Waals surface area contributed by atoms with Crippen LogP contribution in [0.15, 0.2) is 42.5 Å². The van der Waals surface area contributed by atoms with Gasteiger partial charge in [0.2, 0.25) is 0 Å². The van der Waals surface area contributed by atoms with E-state index in [1.165, 1.54) is 20.3 Å². The van der Waals surface area contributed by atoms with Crippen LogP contribution in [0.2, 0.25) is 5.02 Å². The van der Waals surface area contributed by atoms with Crippen molar-refractivity contribution < 1.29 is 0 Å². The lowest BCUT2D eigenvalue weighted by Gasteiger charge is -2.15. The molecule has 1 nitrogen and oxygen atoms in total. The zero-order valence-electron chi connectivity index (χ0n) is 10.2. The molecule has 94 valence electrons. The van der Waals surface area contributed by atoms with Gasteiger partial charge < -0.3 is 5.73 Å². The Balaban J connectivity index is 2.22. The van der Waals surface area contributed by atoms with Crippen molar-refractivity contribution >= 4 is 34.2 Å². The van der Waals surface area contributed by atoms with Crippen molar-refractivity contribution in [3.05, 3.63) is 67.7 Å². The number of benzene rings is 2. The molecule has 1 unspecified atom stereocenters. The van der Waals surface area contributed by atoms with Gasteiger partial charge >= 0.3 is 0 Å². The highest BCUT2D eigenvalue weighted by molar-refractivity contribution is 14.1. The first-order valence-electron chi connectivity index (χ1n) is 5.83. The maximum atomic E-state index is 6.30. The third-order valence-electron chi connectivity index (χ3n) is 2.97. The molecule has 0 aliphatic carbocycles. The molecule has 2 aromatic carbocycles. The summed E-state index contributed by atoms with van der Waals surface area (Å²) in [6.07, 6.45) is 0.806. The van der Waals surface area contributed by atoms with Gasteiger partial charge in [-0.05, 0) is 64.8 Å². The van der Waals surface area contributed by atoms with E-state index in [4.69, 9.17) is 17.3 Å². The van der Waals surface area contributed by atoms with E-state index in [1.807, 2.05) is 18.2 Å². The lowest BCUT2D eigenvalue weighted by molar-refractivity contribution is 0.717. The van der Waals surface area contributed by atoms with Gasteiger partial charge in [0.15, 0.2) is 0 Å². The number of rotatable bonds is 3. The van der Waals surface area contributed by atoms with Crippen LogP contribution in [0.4, 0.5) is 0 Å². The van der Waals surface area contributed by atoms with Crippen LogP contribution in [0.5, 0.6) is 0 Å². The summed E-state index contributed by atoms with van der Waals surface area (Å²) < 4.78 is 1.25. The Morgan fingerprint density at radius 3 is 2.67 bits per heavy atom. The fourth-order valence-corrected chi connectivity index (χ4v) is 2.96. The molecule has 3 heteroatoms. The van der Waals surface area contributed by atoms with E-state index < -0.39 is 0 Å². The van der Waals surface area contributed by atoms with Crippen LogP contribution in [0.3, 0.4) is 0 Å². The Hall–Kier alpha value is -0.580. The third kappa shape index (κ3) is 3.25. The first kappa shape index (κ1) is 13.8. The highest BCUT2D eigenvalue weighted by Crippen LogP contribution is 2.24. The zero-order valence-corrected chi connectivity index (χ0v) is 13.1. The normalized spacial score (nSPS) is 12.4. The molecule has 0 bridgehead atoms. The van der Waals surface area contributed by atoms with Crippen LogP contribution in [-0.2, 0) is 6.42 Å². The summed E-state index contributed by atoms with van der Waals surface area (Å²) in [5.74, 6) is 0. The molecular formula is C15H15ClIN. The summed E-state index contributed by atoms with van der Waals surface area (Å²) in [4.78, 5) is 0. The van der Waals surface area contributed by atoms with Crippen molar-refractivity contribution in [3.63, 3.8) is 0 Å². The Morgan fingerprint density at radius 2 is 1.94 bits per heavy atom. The highest BCUT2D eigenvalue weighted by Gasteiger charge is 2.11. The number of hydrogen-bond donors (Lipinski definition) is 1. The van der Waals surface area contributed by atoms with Gasteiger partial charge in [-0.1, -0.05) is 41.9 Å². The van der Waals surface area contributed by atoms with Crippen molar-refractivity contribution in [2.24, 2.45) is 5.73 Å². The van der Waals surface area contributed by atoms with E-state index >= 15 is 0 Å². The number of nitrogens with two attached hydrogens (primary N) is 1. The second-order valence-corrected chi connectivity index (χ2v) is 5.93. The molecule has 0 heterocycles. The molecule has 0 amide bonds. The molecular weight excluding hydrogens is 357 g/mol. The zero-order chi connectivity index (χ0) is 13.1. The van der Waals surface area contributed by atoms with Gasteiger partial charge in [0.1, 0.15) is 0 Å². The molecule has 0 aliphatic rings.